The fourth-order valence-corrected chi connectivity index (χ4v) is 1.61. The minimum absolute atomic E-state index is 0.215. The highest BCUT2D eigenvalue weighted by Gasteiger charge is 2.11. The normalized spacial score (nSPS) is 9.85. The first kappa shape index (κ1) is 10.9. The molecule has 0 aromatic heterocycles. The Morgan fingerprint density at radius 2 is 2.23 bits per heavy atom. The Labute approximate surface area is 96.7 Å². The molecule has 0 saturated carbocycles. The first-order valence-electron chi connectivity index (χ1n) is 3.29. The van der Waals surface area contributed by atoms with Gasteiger partial charge in [-0.1, -0.05) is 0 Å². The molecule has 0 bridgehead atoms. The second kappa shape index (κ2) is 4.36. The molecule has 0 N–H and O–H groups in total. The third-order valence-corrected chi connectivity index (χ3v) is 3.80. The fraction of sp³-hybridized carbons (Fsp3) is 0.125. The average Bonchev–Trinajstić information content (AvgIpc) is 2.12. The summed E-state index contributed by atoms with van der Waals surface area (Å²) in [6, 6.07) is 2.69. The second-order valence-corrected chi connectivity index (χ2v) is 4.20. The highest BCUT2D eigenvalue weighted by molar-refractivity contribution is 14.1. The highest BCUT2D eigenvalue weighted by atomic mass is 127. The lowest BCUT2D eigenvalue weighted by Crippen LogP contribution is -2.02. The summed E-state index contributed by atoms with van der Waals surface area (Å²) < 4.78 is 18.5. The first-order valence-corrected chi connectivity index (χ1v) is 5.16. The number of halogens is 3. The van der Waals surface area contributed by atoms with Gasteiger partial charge < -0.3 is 4.74 Å². The molecule has 0 aliphatic rings. The van der Waals surface area contributed by atoms with E-state index in [1.807, 2.05) is 22.6 Å². The number of benzene rings is 1. The van der Waals surface area contributed by atoms with Gasteiger partial charge in [-0.3, -0.25) is 0 Å². The standard InChI is InChI=1S/C8H5BrFIO2/c1-13-8(12)4-2-5(10)7(9)6(11)3-4/h2-3H,1H3. The molecule has 2 nitrogen and oxygen atoms in total. The van der Waals surface area contributed by atoms with E-state index in [1.165, 1.54) is 7.11 Å². The second-order valence-electron chi connectivity index (χ2n) is 2.25. The van der Waals surface area contributed by atoms with Gasteiger partial charge in [-0.15, -0.1) is 0 Å². The van der Waals surface area contributed by atoms with E-state index < -0.39 is 11.8 Å². The van der Waals surface area contributed by atoms with E-state index in [1.54, 1.807) is 6.07 Å². The number of ether oxygens (including phenoxy) is 1. The molecule has 0 atom stereocenters. The van der Waals surface area contributed by atoms with Crippen LogP contribution in [0.4, 0.5) is 4.39 Å². The van der Waals surface area contributed by atoms with Crippen LogP contribution in [-0.2, 0) is 4.74 Å². The van der Waals surface area contributed by atoms with Crippen LogP contribution in [0.15, 0.2) is 16.6 Å². The summed E-state index contributed by atoms with van der Waals surface area (Å²) in [5, 5.41) is 0. The van der Waals surface area contributed by atoms with Crippen molar-refractivity contribution in [1.82, 2.24) is 0 Å². The van der Waals surface area contributed by atoms with E-state index in [0.29, 0.717) is 8.04 Å². The Bertz CT molecular complexity index is 331. The van der Waals surface area contributed by atoms with E-state index in [-0.39, 0.29) is 5.56 Å². The van der Waals surface area contributed by atoms with Gasteiger partial charge in [0.05, 0.1) is 17.1 Å². The molecule has 5 heteroatoms. The van der Waals surface area contributed by atoms with Crippen molar-refractivity contribution in [1.29, 1.82) is 0 Å². The minimum Gasteiger partial charge on any atom is -0.465 e. The number of carbonyl (C=O) groups is 1. The molecule has 70 valence electrons. The van der Waals surface area contributed by atoms with E-state index in [0.717, 1.165) is 6.07 Å². The Balaban J connectivity index is 3.20. The lowest BCUT2D eigenvalue weighted by Gasteiger charge is -2.02. The molecule has 13 heavy (non-hydrogen) atoms. The average molecular weight is 359 g/mol. The smallest absolute Gasteiger partial charge is 0.337 e. The maximum atomic E-state index is 13.1. The molecule has 0 spiro atoms. The van der Waals surface area contributed by atoms with Gasteiger partial charge in [0, 0.05) is 3.57 Å². The molecule has 0 unspecified atom stereocenters. The summed E-state index contributed by atoms with van der Waals surface area (Å²) in [5.41, 5.74) is 0.215. The van der Waals surface area contributed by atoms with Gasteiger partial charge in [-0.2, -0.15) is 0 Å². The number of carbonyl (C=O) groups excluding carboxylic acids is 1. The summed E-state index contributed by atoms with van der Waals surface area (Å²) in [4.78, 5) is 11.0. The molecule has 1 aromatic carbocycles. The van der Waals surface area contributed by atoms with Gasteiger partial charge in [0.25, 0.3) is 0 Å². The Morgan fingerprint density at radius 3 is 2.69 bits per heavy atom. The molecule has 0 amide bonds. The molecular formula is C8H5BrFIO2. The van der Waals surface area contributed by atoms with Crippen LogP contribution < -0.4 is 0 Å². The van der Waals surface area contributed by atoms with Crippen molar-refractivity contribution in [3.63, 3.8) is 0 Å². The van der Waals surface area contributed by atoms with Gasteiger partial charge in [-0.05, 0) is 50.7 Å². The number of hydrogen-bond donors (Lipinski definition) is 0. The molecule has 1 aromatic rings. The number of rotatable bonds is 1. The predicted molar refractivity (Wildman–Crippen MR) is 58.2 cm³/mol. The molecular weight excluding hydrogens is 354 g/mol. The van der Waals surface area contributed by atoms with Crippen molar-refractivity contribution in [3.8, 4) is 0 Å². The van der Waals surface area contributed by atoms with Crippen molar-refractivity contribution in [2.45, 2.75) is 0 Å². The van der Waals surface area contributed by atoms with Gasteiger partial charge in [-0.25, -0.2) is 9.18 Å². The van der Waals surface area contributed by atoms with Crippen LogP contribution in [0, 0.1) is 9.39 Å². The largest absolute Gasteiger partial charge is 0.465 e. The zero-order valence-corrected chi connectivity index (χ0v) is 10.3. The predicted octanol–water partition coefficient (Wildman–Crippen LogP) is 2.98. The van der Waals surface area contributed by atoms with Crippen LogP contribution in [0.3, 0.4) is 0 Å². The summed E-state index contributed by atoms with van der Waals surface area (Å²) >= 11 is 4.98. The maximum absolute atomic E-state index is 13.1. The summed E-state index contributed by atoms with van der Waals surface area (Å²) in [6.45, 7) is 0. The molecule has 1 rings (SSSR count). The van der Waals surface area contributed by atoms with Crippen LogP contribution in [-0.4, -0.2) is 13.1 Å². The summed E-state index contributed by atoms with van der Waals surface area (Å²) in [7, 11) is 1.26. The Morgan fingerprint density at radius 1 is 1.62 bits per heavy atom. The van der Waals surface area contributed by atoms with Gasteiger partial charge in [0.15, 0.2) is 0 Å². The lowest BCUT2D eigenvalue weighted by molar-refractivity contribution is 0.0600. The highest BCUT2D eigenvalue weighted by Crippen LogP contribution is 2.24. The van der Waals surface area contributed by atoms with E-state index in [4.69, 9.17) is 0 Å². The van der Waals surface area contributed by atoms with Crippen LogP contribution in [0.1, 0.15) is 10.4 Å². The molecule has 0 aliphatic heterocycles. The van der Waals surface area contributed by atoms with Crippen molar-refractivity contribution >= 4 is 44.5 Å². The first-order chi connectivity index (χ1) is 6.06. The molecule has 0 heterocycles. The molecule has 0 radical (unpaired) electrons. The van der Waals surface area contributed by atoms with Gasteiger partial charge >= 0.3 is 5.97 Å². The maximum Gasteiger partial charge on any atom is 0.337 e. The molecule has 0 saturated heterocycles. The Kier molecular flexibility index (Phi) is 3.66. The Hall–Kier alpha value is -0.170. The van der Waals surface area contributed by atoms with Crippen molar-refractivity contribution in [3.05, 3.63) is 31.6 Å². The van der Waals surface area contributed by atoms with E-state index in [2.05, 4.69) is 20.7 Å². The van der Waals surface area contributed by atoms with E-state index >= 15 is 0 Å². The zero-order chi connectivity index (χ0) is 10.0. The third-order valence-electron chi connectivity index (χ3n) is 1.40. The topological polar surface area (TPSA) is 26.3 Å². The van der Waals surface area contributed by atoms with Gasteiger partial charge in [0.2, 0.25) is 0 Å². The molecule has 0 aliphatic carbocycles. The number of hydrogen-bond acceptors (Lipinski definition) is 2. The van der Waals surface area contributed by atoms with Crippen LogP contribution in [0.25, 0.3) is 0 Å². The van der Waals surface area contributed by atoms with Crippen molar-refractivity contribution in [2.75, 3.05) is 7.11 Å². The summed E-state index contributed by atoms with van der Waals surface area (Å²) in [5.74, 6) is -1.00. The van der Waals surface area contributed by atoms with Crippen LogP contribution in [0.2, 0.25) is 0 Å². The van der Waals surface area contributed by atoms with Crippen molar-refractivity contribution < 1.29 is 13.9 Å². The lowest BCUT2D eigenvalue weighted by atomic mass is 10.2. The third kappa shape index (κ3) is 2.40. The monoisotopic (exact) mass is 358 g/mol. The van der Waals surface area contributed by atoms with Crippen LogP contribution in [0.5, 0.6) is 0 Å². The molecule has 0 fully saturated rings. The number of esters is 1. The van der Waals surface area contributed by atoms with Crippen LogP contribution >= 0.6 is 38.5 Å². The van der Waals surface area contributed by atoms with Crippen molar-refractivity contribution in [2.24, 2.45) is 0 Å². The van der Waals surface area contributed by atoms with Gasteiger partial charge in [0.1, 0.15) is 5.82 Å². The minimum atomic E-state index is -0.538. The SMILES string of the molecule is COC(=O)c1cc(F)c(Br)c(I)c1. The summed E-state index contributed by atoms with van der Waals surface area (Å²) in [6.07, 6.45) is 0. The fourth-order valence-electron chi connectivity index (χ4n) is 0.791. The number of methoxy groups -OCH3 is 1. The zero-order valence-electron chi connectivity index (χ0n) is 6.61. The quantitative estimate of drug-likeness (QED) is 0.438. The van der Waals surface area contributed by atoms with E-state index in [9.17, 15) is 9.18 Å².